The molecule has 2 aromatic heterocycles. The number of nitrogens with zero attached hydrogens (tertiary/aromatic N) is 2. The van der Waals surface area contributed by atoms with Crippen molar-refractivity contribution < 1.29 is 19.4 Å². The molecule has 0 bridgehead atoms. The molecule has 0 spiro atoms. The van der Waals surface area contributed by atoms with Gasteiger partial charge in [0, 0.05) is 42.5 Å². The van der Waals surface area contributed by atoms with Gasteiger partial charge in [0.15, 0.2) is 11.5 Å². The number of aliphatic hydroxyl groups excluding tert-OH is 1. The Kier molecular flexibility index (Phi) is 6.06. The fourth-order valence-corrected chi connectivity index (χ4v) is 4.66. The third kappa shape index (κ3) is 4.28. The molecule has 1 amide bonds. The van der Waals surface area contributed by atoms with Crippen LogP contribution >= 0.6 is 0 Å². The van der Waals surface area contributed by atoms with Crippen LogP contribution in [0.1, 0.15) is 22.7 Å². The maximum absolute atomic E-state index is 13.3. The minimum atomic E-state index is -0.702. The Morgan fingerprint density at radius 2 is 1.97 bits per heavy atom. The number of carbonyl (C=O) groups is 2. The van der Waals surface area contributed by atoms with Gasteiger partial charge in [0.1, 0.15) is 5.75 Å². The molecule has 7 heteroatoms. The van der Waals surface area contributed by atoms with E-state index in [9.17, 15) is 14.7 Å². The molecule has 7 nitrogen and oxygen atoms in total. The van der Waals surface area contributed by atoms with Crippen molar-refractivity contribution in [3.63, 3.8) is 0 Å². The molecule has 0 unspecified atom stereocenters. The van der Waals surface area contributed by atoms with Gasteiger partial charge >= 0.3 is 0 Å². The smallest absolute Gasteiger partial charge is 0.290 e. The highest BCUT2D eigenvalue weighted by Crippen LogP contribution is 2.38. The average Bonchev–Trinajstić information content (AvgIpc) is 3.41. The molecule has 2 aromatic carbocycles. The minimum Gasteiger partial charge on any atom is -0.503 e. The van der Waals surface area contributed by atoms with Crippen LogP contribution in [0.15, 0.2) is 90.6 Å². The number of fused-ring (bicyclic) bond motifs is 1. The molecule has 0 saturated carbocycles. The van der Waals surface area contributed by atoms with E-state index >= 15 is 0 Å². The predicted molar refractivity (Wildman–Crippen MR) is 132 cm³/mol. The zero-order valence-corrected chi connectivity index (χ0v) is 19.3. The summed E-state index contributed by atoms with van der Waals surface area (Å²) < 4.78 is 5.36. The normalized spacial score (nSPS) is 15.7. The summed E-state index contributed by atoms with van der Waals surface area (Å²) in [6, 6.07) is 18.0. The number of methoxy groups -OCH3 is 1. The van der Waals surface area contributed by atoms with E-state index in [0.717, 1.165) is 27.8 Å². The van der Waals surface area contributed by atoms with Crippen LogP contribution < -0.4 is 4.74 Å². The zero-order valence-electron chi connectivity index (χ0n) is 19.3. The Morgan fingerprint density at radius 1 is 1.14 bits per heavy atom. The lowest BCUT2D eigenvalue weighted by Crippen LogP contribution is -2.33. The first-order chi connectivity index (χ1) is 17.1. The first-order valence-electron chi connectivity index (χ1n) is 11.4. The number of rotatable bonds is 8. The molecule has 0 saturated heterocycles. The summed E-state index contributed by atoms with van der Waals surface area (Å²) in [6.07, 6.45) is 5.82. The Bertz CT molecular complexity index is 1410. The fourth-order valence-electron chi connectivity index (χ4n) is 4.66. The number of ether oxygens (including phenoxy) is 1. The number of nitrogens with one attached hydrogen (secondary N) is 1. The van der Waals surface area contributed by atoms with Gasteiger partial charge in [-0.3, -0.25) is 14.6 Å². The molecule has 3 heterocycles. The SMILES string of the molecule is COc1ccc2[nH]cc(CCN3C(=O)C(O)=C(C(=O)Cc4ccccc4)[C@@H]3c3cccnc3)c2c1. The number of ketones is 1. The molecule has 5 rings (SSSR count). The average molecular weight is 468 g/mol. The van der Waals surface area contributed by atoms with E-state index in [1.165, 1.54) is 0 Å². The third-order valence-corrected chi connectivity index (χ3v) is 6.41. The van der Waals surface area contributed by atoms with Crippen molar-refractivity contribution in [1.29, 1.82) is 0 Å². The van der Waals surface area contributed by atoms with E-state index in [1.807, 2.05) is 60.8 Å². The monoisotopic (exact) mass is 467 g/mol. The van der Waals surface area contributed by atoms with Gasteiger partial charge in [0.25, 0.3) is 5.91 Å². The fraction of sp³-hybridized carbons (Fsp3) is 0.179. The van der Waals surface area contributed by atoms with Gasteiger partial charge in [-0.2, -0.15) is 0 Å². The number of hydrogen-bond donors (Lipinski definition) is 2. The Hall–Kier alpha value is -4.39. The molecule has 1 aliphatic rings. The molecule has 4 aromatic rings. The van der Waals surface area contributed by atoms with E-state index in [1.54, 1.807) is 30.5 Å². The van der Waals surface area contributed by atoms with Crippen molar-refractivity contribution in [3.05, 3.63) is 107 Å². The number of benzene rings is 2. The summed E-state index contributed by atoms with van der Waals surface area (Å²) in [5, 5.41) is 11.8. The Labute approximate surface area is 202 Å². The highest BCUT2D eigenvalue weighted by atomic mass is 16.5. The standard InChI is InChI=1S/C28H25N3O4/c1-35-21-9-10-23-22(15-21)19(17-30-23)11-13-31-26(20-8-5-12-29-16-20)25(27(33)28(31)34)24(32)14-18-6-3-2-4-7-18/h2-10,12,15-17,26,30,33H,11,13-14H2,1H3/t26-/m0/s1. The molecule has 35 heavy (non-hydrogen) atoms. The van der Waals surface area contributed by atoms with Crippen molar-refractivity contribution in [3.8, 4) is 5.75 Å². The first-order valence-corrected chi connectivity index (χ1v) is 11.4. The minimum absolute atomic E-state index is 0.0976. The number of aromatic amines is 1. The van der Waals surface area contributed by atoms with Crippen molar-refractivity contribution in [2.75, 3.05) is 13.7 Å². The summed E-state index contributed by atoms with van der Waals surface area (Å²) in [6.45, 7) is 0.314. The van der Waals surface area contributed by atoms with Gasteiger partial charge in [0.2, 0.25) is 0 Å². The molecule has 1 atom stereocenters. The van der Waals surface area contributed by atoms with Gasteiger partial charge in [-0.25, -0.2) is 0 Å². The number of aliphatic hydroxyl groups is 1. The predicted octanol–water partition coefficient (Wildman–Crippen LogP) is 4.32. The van der Waals surface area contributed by atoms with E-state index in [4.69, 9.17) is 4.74 Å². The van der Waals surface area contributed by atoms with Crippen molar-refractivity contribution in [2.24, 2.45) is 0 Å². The molecule has 1 aliphatic heterocycles. The lowest BCUT2D eigenvalue weighted by Gasteiger charge is -2.26. The van der Waals surface area contributed by atoms with Gasteiger partial charge in [-0.1, -0.05) is 36.4 Å². The third-order valence-electron chi connectivity index (χ3n) is 6.41. The van der Waals surface area contributed by atoms with E-state index in [2.05, 4.69) is 9.97 Å². The van der Waals surface area contributed by atoms with Crippen molar-refractivity contribution in [1.82, 2.24) is 14.9 Å². The van der Waals surface area contributed by atoms with Crippen LogP contribution in [0.3, 0.4) is 0 Å². The maximum Gasteiger partial charge on any atom is 0.290 e. The molecule has 0 aliphatic carbocycles. The highest BCUT2D eigenvalue weighted by molar-refractivity contribution is 6.09. The largest absolute Gasteiger partial charge is 0.503 e. The van der Waals surface area contributed by atoms with E-state index in [-0.39, 0.29) is 17.8 Å². The number of H-pyrrole nitrogens is 1. The number of amides is 1. The Balaban J connectivity index is 1.45. The number of carbonyl (C=O) groups excluding carboxylic acids is 2. The second-order valence-electron chi connectivity index (χ2n) is 8.51. The molecule has 0 radical (unpaired) electrons. The van der Waals surface area contributed by atoms with Gasteiger partial charge < -0.3 is 19.7 Å². The van der Waals surface area contributed by atoms with Gasteiger partial charge in [0.05, 0.1) is 18.7 Å². The quantitative estimate of drug-likeness (QED) is 0.402. The van der Waals surface area contributed by atoms with E-state index < -0.39 is 17.7 Å². The topological polar surface area (TPSA) is 95.5 Å². The molecular weight excluding hydrogens is 442 g/mol. The summed E-state index contributed by atoms with van der Waals surface area (Å²) in [7, 11) is 1.62. The van der Waals surface area contributed by atoms with Crippen LogP contribution in [-0.2, 0) is 22.4 Å². The lowest BCUT2D eigenvalue weighted by molar-refractivity contribution is -0.129. The van der Waals surface area contributed by atoms with Gasteiger partial charge in [-0.15, -0.1) is 0 Å². The number of Topliss-reactive ketones (excluding diaryl/α,β-unsaturated/α-hetero) is 1. The first kappa shape index (κ1) is 22.4. The van der Waals surface area contributed by atoms with Crippen molar-refractivity contribution >= 4 is 22.6 Å². The summed E-state index contributed by atoms with van der Waals surface area (Å²) in [4.78, 5) is 35.5. The van der Waals surface area contributed by atoms with Crippen LogP contribution in [0.25, 0.3) is 10.9 Å². The van der Waals surface area contributed by atoms with Crippen LogP contribution in [-0.4, -0.2) is 45.3 Å². The van der Waals surface area contributed by atoms with Crippen LogP contribution in [0.4, 0.5) is 0 Å². The molecular formula is C28H25N3O4. The number of pyridine rings is 1. The Morgan fingerprint density at radius 3 is 2.71 bits per heavy atom. The zero-order chi connectivity index (χ0) is 24.4. The lowest BCUT2D eigenvalue weighted by atomic mass is 9.94. The summed E-state index contributed by atoms with van der Waals surface area (Å²) in [5.74, 6) is -0.569. The van der Waals surface area contributed by atoms with Crippen molar-refractivity contribution in [2.45, 2.75) is 18.9 Å². The molecule has 2 N–H and O–H groups in total. The number of hydrogen-bond acceptors (Lipinski definition) is 5. The summed E-state index contributed by atoms with van der Waals surface area (Å²) >= 11 is 0. The van der Waals surface area contributed by atoms with Crippen LogP contribution in [0.2, 0.25) is 0 Å². The van der Waals surface area contributed by atoms with Gasteiger partial charge in [-0.05, 0) is 47.4 Å². The maximum atomic E-state index is 13.3. The molecule has 176 valence electrons. The molecule has 0 fully saturated rings. The second-order valence-corrected chi connectivity index (χ2v) is 8.51. The number of aromatic nitrogens is 2. The van der Waals surface area contributed by atoms with Crippen LogP contribution in [0, 0.1) is 0 Å². The van der Waals surface area contributed by atoms with E-state index in [0.29, 0.717) is 18.5 Å². The van der Waals surface area contributed by atoms with Crippen LogP contribution in [0.5, 0.6) is 5.75 Å². The second kappa shape index (κ2) is 9.46. The summed E-state index contributed by atoms with van der Waals surface area (Å²) in [5.41, 5.74) is 3.60. The highest BCUT2D eigenvalue weighted by Gasteiger charge is 2.43.